The van der Waals surface area contributed by atoms with E-state index in [1.807, 2.05) is 27.7 Å². The SMILES string of the molecule is Cc1sc(=O)n(CCC(=O)N(C)CC(C)(C)CN)c1C. The molecule has 1 aromatic rings. The van der Waals surface area contributed by atoms with Crippen molar-refractivity contribution in [3.8, 4) is 0 Å². The van der Waals surface area contributed by atoms with Gasteiger partial charge in [0.2, 0.25) is 5.91 Å². The fraction of sp³-hybridized carbons (Fsp3) is 0.714. The van der Waals surface area contributed by atoms with Gasteiger partial charge in [0.25, 0.3) is 0 Å². The van der Waals surface area contributed by atoms with E-state index in [-0.39, 0.29) is 16.2 Å². The molecule has 1 rings (SSSR count). The quantitative estimate of drug-likeness (QED) is 0.862. The first-order valence-corrected chi connectivity index (χ1v) is 7.60. The van der Waals surface area contributed by atoms with Crippen molar-refractivity contribution >= 4 is 17.2 Å². The van der Waals surface area contributed by atoms with E-state index in [1.54, 1.807) is 16.5 Å². The lowest BCUT2D eigenvalue weighted by molar-refractivity contribution is -0.131. The van der Waals surface area contributed by atoms with E-state index < -0.39 is 0 Å². The van der Waals surface area contributed by atoms with Crippen LogP contribution in [0.2, 0.25) is 0 Å². The van der Waals surface area contributed by atoms with Crippen molar-refractivity contribution in [2.24, 2.45) is 11.1 Å². The number of hydrogen-bond donors (Lipinski definition) is 1. The van der Waals surface area contributed by atoms with Crippen LogP contribution in [-0.4, -0.2) is 35.5 Å². The second-order valence-electron chi connectivity index (χ2n) is 6.03. The Kier molecular flexibility index (Phi) is 5.53. The summed E-state index contributed by atoms with van der Waals surface area (Å²) in [5, 5.41) is 0. The number of aryl methyl sites for hydroxylation is 1. The number of thiazole rings is 1. The fourth-order valence-electron chi connectivity index (χ4n) is 2.04. The molecule has 0 aliphatic rings. The van der Waals surface area contributed by atoms with Gasteiger partial charge in [-0.15, -0.1) is 0 Å². The molecule has 0 saturated heterocycles. The van der Waals surface area contributed by atoms with Gasteiger partial charge in [-0.3, -0.25) is 9.59 Å². The van der Waals surface area contributed by atoms with E-state index in [2.05, 4.69) is 0 Å². The summed E-state index contributed by atoms with van der Waals surface area (Å²) in [4.78, 5) is 26.6. The Bertz CT molecular complexity index is 531. The van der Waals surface area contributed by atoms with Crippen molar-refractivity contribution in [1.82, 2.24) is 9.47 Å². The third kappa shape index (κ3) is 4.18. The zero-order chi connectivity index (χ0) is 15.5. The van der Waals surface area contributed by atoms with Crippen LogP contribution in [0.5, 0.6) is 0 Å². The smallest absolute Gasteiger partial charge is 0.307 e. The first kappa shape index (κ1) is 16.9. The molecule has 1 amide bonds. The first-order valence-electron chi connectivity index (χ1n) is 6.79. The standard InChI is InChI=1S/C14H25N3O2S/c1-10-11(2)20-13(19)17(10)7-6-12(18)16(5)9-14(3,4)8-15/h6-9,15H2,1-5H3. The maximum atomic E-state index is 12.1. The molecule has 5 nitrogen and oxygen atoms in total. The van der Waals surface area contributed by atoms with E-state index in [0.717, 1.165) is 10.6 Å². The second-order valence-corrected chi connectivity index (χ2v) is 7.20. The third-order valence-electron chi connectivity index (χ3n) is 3.57. The summed E-state index contributed by atoms with van der Waals surface area (Å²) in [7, 11) is 1.79. The molecular weight excluding hydrogens is 274 g/mol. The summed E-state index contributed by atoms with van der Waals surface area (Å²) in [6.07, 6.45) is 0.341. The van der Waals surface area contributed by atoms with Crippen LogP contribution in [0, 0.1) is 19.3 Å². The topological polar surface area (TPSA) is 68.3 Å². The molecule has 0 saturated carbocycles. The Balaban J connectivity index is 2.61. The Morgan fingerprint density at radius 2 is 2.00 bits per heavy atom. The average Bonchev–Trinajstić information content (AvgIpc) is 2.60. The molecule has 0 fully saturated rings. The van der Waals surface area contributed by atoms with E-state index >= 15 is 0 Å². The monoisotopic (exact) mass is 299 g/mol. The minimum absolute atomic E-state index is 0.0118. The number of nitrogens with two attached hydrogens (primary N) is 1. The third-order valence-corrected chi connectivity index (χ3v) is 4.56. The van der Waals surface area contributed by atoms with Crippen LogP contribution in [0.3, 0.4) is 0 Å². The van der Waals surface area contributed by atoms with Gasteiger partial charge in [0.15, 0.2) is 0 Å². The molecule has 0 spiro atoms. The number of amides is 1. The highest BCUT2D eigenvalue weighted by Gasteiger charge is 2.21. The highest BCUT2D eigenvalue weighted by atomic mass is 32.1. The van der Waals surface area contributed by atoms with Gasteiger partial charge in [-0.25, -0.2) is 0 Å². The molecule has 0 radical (unpaired) electrons. The predicted molar refractivity (Wildman–Crippen MR) is 83.1 cm³/mol. The summed E-state index contributed by atoms with van der Waals surface area (Å²) >= 11 is 1.24. The van der Waals surface area contributed by atoms with E-state index in [9.17, 15) is 9.59 Å². The molecule has 0 aromatic carbocycles. The largest absolute Gasteiger partial charge is 0.345 e. The van der Waals surface area contributed by atoms with Gasteiger partial charge >= 0.3 is 4.87 Å². The lowest BCUT2D eigenvalue weighted by Crippen LogP contribution is -2.40. The van der Waals surface area contributed by atoms with Crippen molar-refractivity contribution in [1.29, 1.82) is 0 Å². The normalized spacial score (nSPS) is 11.7. The minimum Gasteiger partial charge on any atom is -0.345 e. The van der Waals surface area contributed by atoms with E-state index in [4.69, 9.17) is 5.73 Å². The van der Waals surface area contributed by atoms with Gasteiger partial charge in [-0.2, -0.15) is 0 Å². The van der Waals surface area contributed by atoms with Gasteiger partial charge < -0.3 is 15.2 Å². The molecule has 114 valence electrons. The Labute approximate surface area is 124 Å². The first-order chi connectivity index (χ1) is 9.18. The molecule has 0 bridgehead atoms. The Hall–Kier alpha value is -1.14. The van der Waals surface area contributed by atoms with E-state index in [0.29, 0.717) is 26.1 Å². The van der Waals surface area contributed by atoms with Gasteiger partial charge in [0.05, 0.1) is 0 Å². The number of carbonyl (C=O) groups is 1. The zero-order valence-corrected chi connectivity index (χ0v) is 13.8. The average molecular weight is 299 g/mol. The van der Waals surface area contributed by atoms with Crippen molar-refractivity contribution in [2.75, 3.05) is 20.1 Å². The summed E-state index contributed by atoms with van der Waals surface area (Å²) in [5.41, 5.74) is 6.55. The van der Waals surface area contributed by atoms with Crippen molar-refractivity contribution in [2.45, 2.75) is 40.7 Å². The van der Waals surface area contributed by atoms with Crippen molar-refractivity contribution in [3.05, 3.63) is 20.2 Å². The van der Waals surface area contributed by atoms with Crippen LogP contribution in [0.1, 0.15) is 30.8 Å². The lowest BCUT2D eigenvalue weighted by Gasteiger charge is -2.29. The Morgan fingerprint density at radius 1 is 1.40 bits per heavy atom. The molecule has 1 heterocycles. The molecule has 0 aliphatic heterocycles. The van der Waals surface area contributed by atoms with Crippen molar-refractivity contribution in [3.63, 3.8) is 0 Å². The number of carbonyl (C=O) groups excluding carboxylic acids is 1. The molecule has 2 N–H and O–H groups in total. The number of aromatic nitrogens is 1. The molecule has 0 atom stereocenters. The molecule has 20 heavy (non-hydrogen) atoms. The number of rotatable bonds is 6. The zero-order valence-electron chi connectivity index (χ0n) is 13.0. The number of nitrogens with zero attached hydrogens (tertiary/aromatic N) is 2. The van der Waals surface area contributed by atoms with Gasteiger partial charge in [0.1, 0.15) is 0 Å². The molecule has 0 unspecified atom stereocenters. The van der Waals surface area contributed by atoms with Crippen LogP contribution >= 0.6 is 11.3 Å². The second kappa shape index (κ2) is 6.54. The molecule has 6 heteroatoms. The van der Waals surface area contributed by atoms with Crippen LogP contribution in [-0.2, 0) is 11.3 Å². The van der Waals surface area contributed by atoms with Gasteiger partial charge in [0, 0.05) is 37.1 Å². The van der Waals surface area contributed by atoms with Crippen molar-refractivity contribution < 1.29 is 4.79 Å². The summed E-state index contributed by atoms with van der Waals surface area (Å²) in [6.45, 7) is 9.52. The van der Waals surface area contributed by atoms with Crippen LogP contribution in [0.15, 0.2) is 4.79 Å². The van der Waals surface area contributed by atoms with Gasteiger partial charge in [-0.05, 0) is 25.8 Å². The molecule has 0 aliphatic carbocycles. The van der Waals surface area contributed by atoms with Gasteiger partial charge in [-0.1, -0.05) is 25.2 Å². The van der Waals surface area contributed by atoms with Crippen LogP contribution in [0.4, 0.5) is 0 Å². The number of hydrogen-bond acceptors (Lipinski definition) is 4. The maximum Gasteiger partial charge on any atom is 0.307 e. The van der Waals surface area contributed by atoms with Crippen LogP contribution in [0.25, 0.3) is 0 Å². The summed E-state index contributed by atoms with van der Waals surface area (Å²) in [6, 6.07) is 0. The van der Waals surface area contributed by atoms with E-state index in [1.165, 1.54) is 11.3 Å². The molecular formula is C14H25N3O2S. The lowest BCUT2D eigenvalue weighted by atomic mass is 9.93. The minimum atomic E-state index is -0.0872. The highest BCUT2D eigenvalue weighted by Crippen LogP contribution is 2.15. The predicted octanol–water partition coefficient (Wildman–Crippen LogP) is 1.36. The fourth-order valence-corrected chi connectivity index (χ4v) is 2.90. The Morgan fingerprint density at radius 3 is 2.45 bits per heavy atom. The summed E-state index contributed by atoms with van der Waals surface area (Å²) < 4.78 is 1.68. The maximum absolute atomic E-state index is 12.1. The molecule has 1 aromatic heterocycles. The highest BCUT2D eigenvalue weighted by molar-refractivity contribution is 7.09. The summed E-state index contributed by atoms with van der Waals surface area (Å²) in [5.74, 6) is 0.0432. The van der Waals surface area contributed by atoms with Crippen LogP contribution < -0.4 is 10.6 Å².